The molecule has 5 nitrogen and oxygen atoms in total. The molecule has 0 amide bonds. The second-order valence-electron chi connectivity index (χ2n) is 4.58. The second kappa shape index (κ2) is 5.84. The van der Waals surface area contributed by atoms with E-state index in [9.17, 15) is 0 Å². The highest BCUT2D eigenvalue weighted by molar-refractivity contribution is 5.38. The van der Waals surface area contributed by atoms with Crippen LogP contribution in [0.1, 0.15) is 42.7 Å². The number of aromatic nitrogens is 2. The molecule has 1 heterocycles. The Kier molecular flexibility index (Phi) is 4.16. The molecule has 2 aromatic rings. The van der Waals surface area contributed by atoms with Gasteiger partial charge in [0.25, 0.3) is 0 Å². The van der Waals surface area contributed by atoms with Gasteiger partial charge in [0.05, 0.1) is 0 Å². The predicted octanol–water partition coefficient (Wildman–Crippen LogP) is 2.54. The lowest BCUT2D eigenvalue weighted by Crippen LogP contribution is -2.08. The molecule has 2 rings (SSSR count). The fourth-order valence-electron chi connectivity index (χ4n) is 1.78. The summed E-state index contributed by atoms with van der Waals surface area (Å²) in [4.78, 5) is 4.21. The van der Waals surface area contributed by atoms with E-state index in [-0.39, 0.29) is 12.6 Å². The fourth-order valence-corrected chi connectivity index (χ4v) is 1.78. The highest BCUT2D eigenvalue weighted by Gasteiger charge is 2.10. The van der Waals surface area contributed by atoms with Gasteiger partial charge in [-0.15, -0.1) is 0 Å². The molecule has 0 unspecified atom stereocenters. The molecule has 102 valence electrons. The van der Waals surface area contributed by atoms with Gasteiger partial charge in [0.1, 0.15) is 5.75 Å². The van der Waals surface area contributed by atoms with E-state index in [4.69, 9.17) is 15.0 Å². The van der Waals surface area contributed by atoms with Gasteiger partial charge in [0, 0.05) is 18.0 Å². The molecule has 0 radical (unpaired) electrons. The lowest BCUT2D eigenvalue weighted by Gasteiger charge is -2.13. The molecule has 0 bridgehead atoms. The molecule has 1 aromatic heterocycles. The van der Waals surface area contributed by atoms with Crippen LogP contribution in [-0.4, -0.2) is 10.1 Å². The minimum Gasteiger partial charge on any atom is -0.485 e. The number of benzene rings is 1. The molecule has 2 N–H and O–H groups in total. The van der Waals surface area contributed by atoms with Gasteiger partial charge >= 0.3 is 0 Å². The Labute approximate surface area is 112 Å². The maximum absolute atomic E-state index is 5.93. The lowest BCUT2D eigenvalue weighted by atomic mass is 10.1. The van der Waals surface area contributed by atoms with Crippen LogP contribution in [0, 0.1) is 6.92 Å². The number of nitrogens with zero attached hydrogens (tertiary/aromatic N) is 2. The van der Waals surface area contributed by atoms with E-state index < -0.39 is 0 Å². The number of ether oxygens (including phenoxy) is 1. The summed E-state index contributed by atoms with van der Waals surface area (Å²) in [5.41, 5.74) is 8.03. The van der Waals surface area contributed by atoms with Crippen LogP contribution in [0.25, 0.3) is 0 Å². The van der Waals surface area contributed by atoms with E-state index in [2.05, 4.69) is 10.1 Å². The Hall–Kier alpha value is -1.88. The van der Waals surface area contributed by atoms with Crippen LogP contribution in [0.3, 0.4) is 0 Å². The SMILES string of the molecule is CCc1nc(COc2cc(C)ccc2[C@@H](C)N)no1. The van der Waals surface area contributed by atoms with Crippen molar-refractivity contribution in [3.05, 3.63) is 41.0 Å². The van der Waals surface area contributed by atoms with Gasteiger partial charge in [-0.25, -0.2) is 0 Å². The van der Waals surface area contributed by atoms with Crippen molar-refractivity contribution in [1.82, 2.24) is 10.1 Å². The van der Waals surface area contributed by atoms with Gasteiger partial charge in [0.2, 0.25) is 11.7 Å². The number of nitrogens with two attached hydrogens (primary N) is 1. The first kappa shape index (κ1) is 13.5. The second-order valence-corrected chi connectivity index (χ2v) is 4.58. The Bertz CT molecular complexity index is 549. The molecule has 1 aromatic carbocycles. The van der Waals surface area contributed by atoms with Gasteiger partial charge in [-0.05, 0) is 25.5 Å². The quantitative estimate of drug-likeness (QED) is 0.895. The fraction of sp³-hybridized carbons (Fsp3) is 0.429. The van der Waals surface area contributed by atoms with E-state index in [1.807, 2.05) is 39.0 Å². The Balaban J connectivity index is 2.12. The summed E-state index contributed by atoms with van der Waals surface area (Å²) in [6.07, 6.45) is 0.725. The standard InChI is InChI=1S/C14H19N3O2/c1-4-14-16-13(17-19-14)8-18-12-7-9(2)5-6-11(12)10(3)15/h5-7,10H,4,8,15H2,1-3H3/t10-/m1/s1. The molecule has 0 spiro atoms. The minimum absolute atomic E-state index is 0.0768. The minimum atomic E-state index is -0.0768. The van der Waals surface area contributed by atoms with Crippen LogP contribution in [0.5, 0.6) is 5.75 Å². The molecule has 0 saturated carbocycles. The van der Waals surface area contributed by atoms with Crippen LogP contribution in [0.15, 0.2) is 22.7 Å². The maximum atomic E-state index is 5.93. The van der Waals surface area contributed by atoms with Crippen LogP contribution < -0.4 is 10.5 Å². The zero-order valence-electron chi connectivity index (χ0n) is 11.5. The first-order valence-corrected chi connectivity index (χ1v) is 6.40. The van der Waals surface area contributed by atoms with E-state index in [0.717, 1.165) is 23.3 Å². The highest BCUT2D eigenvalue weighted by Crippen LogP contribution is 2.25. The lowest BCUT2D eigenvalue weighted by molar-refractivity contribution is 0.281. The average molecular weight is 261 g/mol. The van der Waals surface area contributed by atoms with Gasteiger partial charge in [-0.3, -0.25) is 0 Å². The van der Waals surface area contributed by atoms with Gasteiger partial charge in [0.15, 0.2) is 6.61 Å². The average Bonchev–Trinajstić information content (AvgIpc) is 2.84. The summed E-state index contributed by atoms with van der Waals surface area (Å²) in [6.45, 7) is 6.20. The first-order chi connectivity index (χ1) is 9.10. The van der Waals surface area contributed by atoms with Crippen LogP contribution in [-0.2, 0) is 13.0 Å². The first-order valence-electron chi connectivity index (χ1n) is 6.40. The molecule has 5 heteroatoms. The van der Waals surface area contributed by atoms with Crippen molar-refractivity contribution in [3.63, 3.8) is 0 Å². The Morgan fingerprint density at radius 2 is 2.21 bits per heavy atom. The Morgan fingerprint density at radius 3 is 2.84 bits per heavy atom. The summed E-state index contributed by atoms with van der Waals surface area (Å²) in [5, 5.41) is 3.86. The third-order valence-corrected chi connectivity index (χ3v) is 2.83. The predicted molar refractivity (Wildman–Crippen MR) is 71.8 cm³/mol. The number of rotatable bonds is 5. The Morgan fingerprint density at radius 1 is 1.42 bits per heavy atom. The summed E-state index contributed by atoms with van der Waals surface area (Å²) in [7, 11) is 0. The molecule has 1 atom stereocenters. The topological polar surface area (TPSA) is 74.2 Å². The molecular formula is C14H19N3O2. The summed E-state index contributed by atoms with van der Waals surface area (Å²) in [5.74, 6) is 1.95. The summed E-state index contributed by atoms with van der Waals surface area (Å²) in [6, 6.07) is 5.91. The molecule has 0 aliphatic carbocycles. The molecule has 0 aliphatic heterocycles. The van der Waals surface area contributed by atoms with Crippen molar-refractivity contribution in [1.29, 1.82) is 0 Å². The van der Waals surface area contributed by atoms with Crippen LogP contribution in [0.4, 0.5) is 0 Å². The highest BCUT2D eigenvalue weighted by atomic mass is 16.5. The van der Waals surface area contributed by atoms with E-state index in [0.29, 0.717) is 11.7 Å². The van der Waals surface area contributed by atoms with Crippen molar-refractivity contribution in [3.8, 4) is 5.75 Å². The molecule has 0 fully saturated rings. The molecule has 0 saturated heterocycles. The third kappa shape index (κ3) is 3.32. The van der Waals surface area contributed by atoms with Crippen LogP contribution >= 0.6 is 0 Å². The molecule has 0 aliphatic rings. The van der Waals surface area contributed by atoms with E-state index in [1.165, 1.54) is 0 Å². The smallest absolute Gasteiger partial charge is 0.226 e. The summed E-state index contributed by atoms with van der Waals surface area (Å²) < 4.78 is 10.8. The van der Waals surface area contributed by atoms with Crippen molar-refractivity contribution < 1.29 is 9.26 Å². The van der Waals surface area contributed by atoms with Crippen molar-refractivity contribution in [2.24, 2.45) is 5.73 Å². The third-order valence-electron chi connectivity index (χ3n) is 2.83. The molecular weight excluding hydrogens is 242 g/mol. The largest absolute Gasteiger partial charge is 0.485 e. The van der Waals surface area contributed by atoms with Crippen molar-refractivity contribution in [2.75, 3.05) is 0 Å². The number of hydrogen-bond acceptors (Lipinski definition) is 5. The summed E-state index contributed by atoms with van der Waals surface area (Å²) >= 11 is 0. The molecule has 19 heavy (non-hydrogen) atoms. The zero-order chi connectivity index (χ0) is 13.8. The van der Waals surface area contributed by atoms with Gasteiger partial charge in [-0.1, -0.05) is 24.2 Å². The van der Waals surface area contributed by atoms with Gasteiger partial charge in [-0.2, -0.15) is 4.98 Å². The van der Waals surface area contributed by atoms with E-state index in [1.54, 1.807) is 0 Å². The number of aryl methyl sites for hydroxylation is 2. The monoisotopic (exact) mass is 261 g/mol. The van der Waals surface area contributed by atoms with E-state index >= 15 is 0 Å². The van der Waals surface area contributed by atoms with Gasteiger partial charge < -0.3 is 15.0 Å². The zero-order valence-corrected chi connectivity index (χ0v) is 11.5. The maximum Gasteiger partial charge on any atom is 0.226 e. The van der Waals surface area contributed by atoms with Crippen LogP contribution in [0.2, 0.25) is 0 Å². The normalized spacial score (nSPS) is 12.4. The van der Waals surface area contributed by atoms with Crippen molar-refractivity contribution >= 4 is 0 Å². The number of hydrogen-bond donors (Lipinski definition) is 1. The van der Waals surface area contributed by atoms with Crippen molar-refractivity contribution in [2.45, 2.75) is 39.8 Å².